The first kappa shape index (κ1) is 11.0. The van der Waals surface area contributed by atoms with Crippen molar-refractivity contribution in [2.45, 2.75) is 43.6 Å². The van der Waals surface area contributed by atoms with Crippen molar-refractivity contribution in [3.63, 3.8) is 0 Å². The molecule has 0 amide bonds. The lowest BCUT2D eigenvalue weighted by atomic mass is 10.2. The zero-order valence-corrected chi connectivity index (χ0v) is 9.80. The first-order valence-electron chi connectivity index (χ1n) is 5.43. The Labute approximate surface area is 94.0 Å². The lowest BCUT2D eigenvalue weighted by molar-refractivity contribution is 0.220. The van der Waals surface area contributed by atoms with Crippen molar-refractivity contribution >= 4 is 11.5 Å². The maximum atomic E-state index is 9.88. The van der Waals surface area contributed by atoms with Gasteiger partial charge in [-0.05, 0) is 19.8 Å². The Hall–Kier alpha value is -0.510. The van der Waals surface area contributed by atoms with Gasteiger partial charge in [-0.2, -0.15) is 0 Å². The molecule has 1 aromatic carbocycles. The molecule has 1 aliphatic rings. The molecule has 1 fully saturated rings. The number of hydrogen-bond acceptors (Lipinski definition) is 2. The highest BCUT2D eigenvalue weighted by Crippen LogP contribution is 2.25. The molecule has 1 N–H and O–H groups in total. The largest absolute Gasteiger partial charge is 0.354 e. The monoisotopic (exact) mass is 225 g/mol. The van der Waals surface area contributed by atoms with E-state index in [1.807, 2.05) is 31.2 Å². The average molecular weight is 225 g/mol. The van der Waals surface area contributed by atoms with Crippen LogP contribution >= 0.6 is 0 Å². The van der Waals surface area contributed by atoms with E-state index in [4.69, 9.17) is 4.18 Å². The lowest BCUT2D eigenvalue weighted by Crippen LogP contribution is -2.15. The first-order valence-corrected chi connectivity index (χ1v) is 6.53. The van der Waals surface area contributed by atoms with Gasteiger partial charge in [0.1, 0.15) is 6.10 Å². The van der Waals surface area contributed by atoms with Crippen molar-refractivity contribution in [2.75, 3.05) is 0 Å². The fourth-order valence-electron chi connectivity index (χ4n) is 1.82. The van der Waals surface area contributed by atoms with Crippen LogP contribution in [0.1, 0.15) is 31.2 Å². The van der Waals surface area contributed by atoms with E-state index in [2.05, 4.69) is 0 Å². The highest BCUT2D eigenvalue weighted by atomic mass is 32.2. The molecule has 2 nitrogen and oxygen atoms in total. The van der Waals surface area contributed by atoms with Gasteiger partial charge in [0.2, 0.25) is 4.90 Å². The third-order valence-corrected chi connectivity index (χ3v) is 3.88. The van der Waals surface area contributed by atoms with Gasteiger partial charge in [-0.3, -0.25) is 0 Å². The molecule has 0 aliphatic heterocycles. The Balaban J connectivity index is 1.94. The molecule has 15 heavy (non-hydrogen) atoms. The van der Waals surface area contributed by atoms with Gasteiger partial charge in [-0.1, -0.05) is 30.5 Å². The summed E-state index contributed by atoms with van der Waals surface area (Å²) in [6, 6.07) is 7.88. The van der Waals surface area contributed by atoms with Crippen LogP contribution in [-0.2, 0) is 15.6 Å². The Morgan fingerprint density at radius 1 is 1.20 bits per heavy atom. The normalized spacial score (nSPS) is 19.3. The summed E-state index contributed by atoms with van der Waals surface area (Å²) in [5.74, 6) is 0. The second kappa shape index (κ2) is 5.01. The molecule has 0 bridgehead atoms. The minimum Gasteiger partial charge on any atom is -0.150 e. The van der Waals surface area contributed by atoms with Crippen molar-refractivity contribution in [3.05, 3.63) is 29.8 Å². The van der Waals surface area contributed by atoms with Crippen LogP contribution in [0.25, 0.3) is 0 Å². The second-order valence-corrected chi connectivity index (χ2v) is 5.23. The van der Waals surface area contributed by atoms with E-state index in [-0.39, 0.29) is 6.10 Å². The van der Waals surface area contributed by atoms with E-state index in [0.29, 0.717) is 0 Å². The standard InChI is InChI=1S/C12H17O2S/c1-10-6-8-12(9-7-10)15(13)14-11-4-2-3-5-11/h6-9,11,13H,2-5H2,1H3/q+1. The van der Waals surface area contributed by atoms with Crippen molar-refractivity contribution in [3.8, 4) is 0 Å². The average Bonchev–Trinajstić information content (AvgIpc) is 2.71. The van der Waals surface area contributed by atoms with Gasteiger partial charge in [0.15, 0.2) is 0 Å². The van der Waals surface area contributed by atoms with Gasteiger partial charge in [-0.15, -0.1) is 8.74 Å². The molecule has 0 saturated heterocycles. The van der Waals surface area contributed by atoms with Crippen LogP contribution in [0.15, 0.2) is 29.2 Å². The van der Waals surface area contributed by atoms with Gasteiger partial charge in [0, 0.05) is 12.1 Å². The summed E-state index contributed by atoms with van der Waals surface area (Å²) in [6.45, 7) is 2.04. The van der Waals surface area contributed by atoms with Crippen molar-refractivity contribution in [1.29, 1.82) is 0 Å². The van der Waals surface area contributed by atoms with Gasteiger partial charge in [0.25, 0.3) is 0 Å². The van der Waals surface area contributed by atoms with Crippen molar-refractivity contribution in [2.24, 2.45) is 0 Å². The molecule has 0 heterocycles. The predicted molar refractivity (Wildman–Crippen MR) is 62.8 cm³/mol. The summed E-state index contributed by atoms with van der Waals surface area (Å²) >= 11 is -1.03. The van der Waals surface area contributed by atoms with Crippen LogP contribution in [0.2, 0.25) is 0 Å². The lowest BCUT2D eigenvalue weighted by Gasteiger charge is -2.04. The molecule has 82 valence electrons. The predicted octanol–water partition coefficient (Wildman–Crippen LogP) is 3.32. The molecule has 1 atom stereocenters. The van der Waals surface area contributed by atoms with Gasteiger partial charge < -0.3 is 0 Å². The Morgan fingerprint density at radius 3 is 2.40 bits per heavy atom. The zero-order valence-electron chi connectivity index (χ0n) is 8.98. The molecule has 0 radical (unpaired) electrons. The second-order valence-electron chi connectivity index (χ2n) is 4.06. The molecule has 1 saturated carbocycles. The number of benzene rings is 1. The minimum atomic E-state index is -1.03. The Kier molecular flexibility index (Phi) is 3.67. The molecule has 1 aliphatic carbocycles. The molecule has 3 heteroatoms. The SMILES string of the molecule is Cc1ccc([S+](O)OC2CCCC2)cc1. The summed E-state index contributed by atoms with van der Waals surface area (Å²) in [5, 5.41) is 0. The maximum Gasteiger partial charge on any atom is 0.354 e. The Bertz CT molecular complexity index is 304. The molecule has 1 unspecified atom stereocenters. The summed E-state index contributed by atoms with van der Waals surface area (Å²) < 4.78 is 15.5. The summed E-state index contributed by atoms with van der Waals surface area (Å²) in [7, 11) is 0. The quantitative estimate of drug-likeness (QED) is 0.800. The van der Waals surface area contributed by atoms with Crippen LogP contribution in [0.5, 0.6) is 0 Å². The van der Waals surface area contributed by atoms with Crippen molar-refractivity contribution < 1.29 is 8.74 Å². The smallest absolute Gasteiger partial charge is 0.150 e. The fourth-order valence-corrected chi connectivity index (χ4v) is 2.75. The van der Waals surface area contributed by atoms with E-state index >= 15 is 0 Å². The van der Waals surface area contributed by atoms with Crippen LogP contribution in [-0.4, -0.2) is 10.7 Å². The van der Waals surface area contributed by atoms with Crippen LogP contribution < -0.4 is 0 Å². The maximum absolute atomic E-state index is 9.88. The summed E-state index contributed by atoms with van der Waals surface area (Å²) in [4.78, 5) is 0.882. The minimum absolute atomic E-state index is 0.264. The molecule has 0 spiro atoms. The van der Waals surface area contributed by atoms with E-state index in [1.165, 1.54) is 18.4 Å². The topological polar surface area (TPSA) is 29.5 Å². The molecule has 0 aromatic heterocycles. The highest BCUT2D eigenvalue weighted by Gasteiger charge is 2.29. The third kappa shape index (κ3) is 2.97. The molecule has 1 aromatic rings. The number of hydrogen-bond donors (Lipinski definition) is 1. The molecular weight excluding hydrogens is 208 g/mol. The van der Waals surface area contributed by atoms with Gasteiger partial charge in [0.05, 0.1) is 0 Å². The Morgan fingerprint density at radius 2 is 1.80 bits per heavy atom. The van der Waals surface area contributed by atoms with E-state index < -0.39 is 11.5 Å². The van der Waals surface area contributed by atoms with Gasteiger partial charge >= 0.3 is 11.5 Å². The van der Waals surface area contributed by atoms with E-state index in [1.54, 1.807) is 0 Å². The number of aryl methyl sites for hydroxylation is 1. The van der Waals surface area contributed by atoms with Crippen LogP contribution in [0.3, 0.4) is 0 Å². The van der Waals surface area contributed by atoms with E-state index in [0.717, 1.165) is 17.7 Å². The highest BCUT2D eigenvalue weighted by molar-refractivity contribution is 7.86. The van der Waals surface area contributed by atoms with Crippen LogP contribution in [0, 0.1) is 6.92 Å². The summed E-state index contributed by atoms with van der Waals surface area (Å²) in [6.07, 6.45) is 4.91. The fraction of sp³-hybridized carbons (Fsp3) is 0.500. The summed E-state index contributed by atoms with van der Waals surface area (Å²) in [5.41, 5.74) is 1.21. The molecular formula is C12H17O2S+. The van der Waals surface area contributed by atoms with Crippen LogP contribution in [0.4, 0.5) is 0 Å². The van der Waals surface area contributed by atoms with Crippen molar-refractivity contribution in [1.82, 2.24) is 0 Å². The number of rotatable bonds is 3. The first-order chi connectivity index (χ1) is 7.25. The third-order valence-electron chi connectivity index (χ3n) is 2.75. The zero-order chi connectivity index (χ0) is 10.7. The molecule has 2 rings (SSSR count). The van der Waals surface area contributed by atoms with Gasteiger partial charge in [-0.25, -0.2) is 0 Å². The van der Waals surface area contributed by atoms with E-state index in [9.17, 15) is 4.55 Å².